The van der Waals surface area contributed by atoms with Gasteiger partial charge in [-0.2, -0.15) is 0 Å². The summed E-state index contributed by atoms with van der Waals surface area (Å²) in [7, 11) is 0. The SMILES string of the molecule is CC1(C)C2=C(c3ccccc3C(c3cccc4c3oc3c(C5CCCCC5)cccc34)C2)c2cc3c(cc21)-c1cc2c(cc1C3(C)C)-c1c(cc(-c3cccc4c3oc3c(C5CCCCC5)cccc34)c3ccccc13)C2(C)C. The van der Waals surface area contributed by atoms with Gasteiger partial charge in [0, 0.05) is 54.8 Å². The molecule has 6 aliphatic rings. The second-order valence-corrected chi connectivity index (χ2v) is 26.6. The van der Waals surface area contributed by atoms with E-state index in [1.807, 2.05) is 0 Å². The number of furan rings is 2. The molecule has 2 nitrogen and oxygen atoms in total. The Balaban J connectivity index is 0.780. The van der Waals surface area contributed by atoms with E-state index >= 15 is 0 Å². The molecule has 1 atom stereocenters. The second kappa shape index (κ2) is 16.3. The Kier molecular flexibility index (Phi) is 9.62. The molecule has 0 bridgehead atoms. The van der Waals surface area contributed by atoms with Crippen LogP contribution in [0.25, 0.3) is 93.6 Å². The van der Waals surface area contributed by atoms with Crippen LogP contribution in [0.2, 0.25) is 0 Å². The molecule has 388 valence electrons. The van der Waals surface area contributed by atoms with E-state index in [0.717, 1.165) is 28.8 Å². The summed E-state index contributed by atoms with van der Waals surface area (Å²) in [6.07, 6.45) is 13.9. The van der Waals surface area contributed by atoms with Crippen molar-refractivity contribution in [1.82, 2.24) is 0 Å². The van der Waals surface area contributed by atoms with Crippen LogP contribution in [-0.4, -0.2) is 0 Å². The number of hydrogen-bond donors (Lipinski definition) is 0. The summed E-state index contributed by atoms with van der Waals surface area (Å²) < 4.78 is 14.4. The Labute approximate surface area is 464 Å². The molecule has 0 radical (unpaired) electrons. The minimum atomic E-state index is -0.239. The van der Waals surface area contributed by atoms with Crippen LogP contribution < -0.4 is 0 Å². The molecule has 79 heavy (non-hydrogen) atoms. The van der Waals surface area contributed by atoms with Gasteiger partial charge in [0.2, 0.25) is 0 Å². The minimum Gasteiger partial charge on any atom is -0.455 e. The summed E-state index contributed by atoms with van der Waals surface area (Å²) in [4.78, 5) is 0. The van der Waals surface area contributed by atoms with Crippen molar-refractivity contribution in [2.45, 2.75) is 146 Å². The molecule has 0 aliphatic heterocycles. The summed E-state index contributed by atoms with van der Waals surface area (Å²) in [5.41, 5.74) is 30.2. The highest BCUT2D eigenvalue weighted by atomic mass is 16.3. The van der Waals surface area contributed by atoms with Gasteiger partial charge in [-0.05, 0) is 174 Å². The Morgan fingerprint density at radius 3 is 1.41 bits per heavy atom. The van der Waals surface area contributed by atoms with Crippen molar-refractivity contribution in [3.63, 3.8) is 0 Å². The molecule has 2 heterocycles. The molecular weight excluding hydrogens is 957 g/mol. The van der Waals surface area contributed by atoms with Crippen molar-refractivity contribution in [3.05, 3.63) is 218 Å². The highest BCUT2D eigenvalue weighted by Gasteiger charge is 2.48. The zero-order valence-corrected chi connectivity index (χ0v) is 46.8. The van der Waals surface area contributed by atoms with Gasteiger partial charge in [0.05, 0.1) is 0 Å². The van der Waals surface area contributed by atoms with E-state index in [2.05, 4.69) is 193 Å². The molecule has 2 aromatic heterocycles. The normalized spacial score (nSPS) is 19.7. The Bertz CT molecular complexity index is 4510. The standard InChI is InChI=1S/C77H68O2/c1-75(2)63-41-61-65(76(3,4)67-37-57(47-25-13-15-27-49(47)69(61)67)55-35-19-33-53-51-31-17-29-45(71(51)78-73(53)55)43-21-9-7-10-22-43)39-59(63)60-40-66-62(42-64(60)75)70-50-28-16-14-26-48(50)58(38-68(70)77(66,5)6)56-36-20-34-54-52-32-18-30-46(72(52)79-74(54)56)44-23-11-8-12-24-44/h13-20,25-37,39-44,58H,7-12,21-24,38H2,1-6H3. The van der Waals surface area contributed by atoms with Crippen LogP contribution in [0.5, 0.6) is 0 Å². The van der Waals surface area contributed by atoms with Crippen molar-refractivity contribution in [3.8, 4) is 33.4 Å². The topological polar surface area (TPSA) is 26.3 Å². The van der Waals surface area contributed by atoms with E-state index in [-0.39, 0.29) is 22.2 Å². The molecule has 0 amide bonds. The smallest absolute Gasteiger partial charge is 0.143 e. The number of fused-ring (bicyclic) bond motifs is 18. The van der Waals surface area contributed by atoms with E-state index in [9.17, 15) is 0 Å². The molecule has 0 N–H and O–H groups in total. The number of para-hydroxylation sites is 4. The van der Waals surface area contributed by atoms with Crippen LogP contribution in [0.1, 0.15) is 191 Å². The molecule has 0 spiro atoms. The lowest BCUT2D eigenvalue weighted by Crippen LogP contribution is -2.22. The summed E-state index contributed by atoms with van der Waals surface area (Å²) in [5.74, 6) is 1.33. The maximum atomic E-state index is 7.21. The van der Waals surface area contributed by atoms with Gasteiger partial charge in [0.1, 0.15) is 22.3 Å². The van der Waals surface area contributed by atoms with Crippen LogP contribution in [0, 0.1) is 0 Å². The van der Waals surface area contributed by atoms with Gasteiger partial charge < -0.3 is 8.83 Å². The monoisotopic (exact) mass is 1020 g/mol. The molecular formula is C77H68O2. The summed E-state index contributed by atoms with van der Waals surface area (Å²) >= 11 is 0. The average Bonchev–Trinajstić information content (AvgIpc) is 3.28. The summed E-state index contributed by atoms with van der Waals surface area (Å²) in [5, 5.41) is 7.58. The molecule has 2 saturated carbocycles. The molecule has 11 aromatic rings. The highest BCUT2D eigenvalue weighted by Crippen LogP contribution is 2.63. The zero-order chi connectivity index (χ0) is 52.8. The fourth-order valence-corrected chi connectivity index (χ4v) is 17.4. The van der Waals surface area contributed by atoms with Crippen molar-refractivity contribution >= 4 is 60.2 Å². The van der Waals surface area contributed by atoms with Gasteiger partial charge in [-0.1, -0.05) is 207 Å². The first-order chi connectivity index (χ1) is 38.5. The molecule has 2 fully saturated rings. The van der Waals surface area contributed by atoms with Gasteiger partial charge in [-0.3, -0.25) is 0 Å². The van der Waals surface area contributed by atoms with Crippen LogP contribution in [-0.2, 0) is 16.2 Å². The summed E-state index contributed by atoms with van der Waals surface area (Å²) in [6, 6.07) is 59.2. The quantitative estimate of drug-likeness (QED) is 0.176. The lowest BCUT2D eigenvalue weighted by atomic mass is 9.70. The highest BCUT2D eigenvalue weighted by molar-refractivity contribution is 6.16. The predicted molar refractivity (Wildman–Crippen MR) is 329 cm³/mol. The van der Waals surface area contributed by atoms with Gasteiger partial charge in [-0.15, -0.1) is 0 Å². The molecule has 9 aromatic carbocycles. The van der Waals surface area contributed by atoms with Gasteiger partial charge in [0.25, 0.3) is 0 Å². The van der Waals surface area contributed by atoms with E-state index in [1.165, 1.54) is 197 Å². The number of rotatable bonds is 4. The van der Waals surface area contributed by atoms with E-state index in [0.29, 0.717) is 11.8 Å². The Morgan fingerprint density at radius 2 is 0.759 bits per heavy atom. The third kappa shape index (κ3) is 6.24. The van der Waals surface area contributed by atoms with E-state index < -0.39 is 0 Å². The van der Waals surface area contributed by atoms with Crippen LogP contribution in [0.4, 0.5) is 0 Å². The van der Waals surface area contributed by atoms with Crippen LogP contribution in [0.3, 0.4) is 0 Å². The van der Waals surface area contributed by atoms with Gasteiger partial charge >= 0.3 is 0 Å². The van der Waals surface area contributed by atoms with Crippen LogP contribution >= 0.6 is 0 Å². The summed E-state index contributed by atoms with van der Waals surface area (Å²) in [6.45, 7) is 14.9. The maximum Gasteiger partial charge on any atom is 0.143 e. The largest absolute Gasteiger partial charge is 0.455 e. The molecule has 0 saturated heterocycles. The molecule has 6 aliphatic carbocycles. The number of hydrogen-bond acceptors (Lipinski definition) is 2. The fourth-order valence-electron chi connectivity index (χ4n) is 17.4. The lowest BCUT2D eigenvalue weighted by Gasteiger charge is -2.33. The average molecular weight is 1030 g/mol. The Morgan fingerprint density at radius 1 is 0.329 bits per heavy atom. The van der Waals surface area contributed by atoms with E-state index in [1.54, 1.807) is 5.57 Å². The predicted octanol–water partition coefficient (Wildman–Crippen LogP) is 21.6. The maximum absolute atomic E-state index is 7.21. The van der Waals surface area contributed by atoms with Crippen LogP contribution in [0.15, 0.2) is 166 Å². The van der Waals surface area contributed by atoms with Crippen molar-refractivity contribution < 1.29 is 8.83 Å². The third-order valence-corrected chi connectivity index (χ3v) is 21.5. The van der Waals surface area contributed by atoms with Crippen molar-refractivity contribution in [2.24, 2.45) is 0 Å². The number of allylic oxidation sites excluding steroid dienone is 1. The second-order valence-electron chi connectivity index (χ2n) is 26.6. The van der Waals surface area contributed by atoms with Gasteiger partial charge in [-0.25, -0.2) is 0 Å². The lowest BCUT2D eigenvalue weighted by molar-refractivity contribution is 0.442. The molecule has 17 rings (SSSR count). The molecule has 1 unspecified atom stereocenters. The first-order valence-corrected chi connectivity index (χ1v) is 30.1. The van der Waals surface area contributed by atoms with Crippen molar-refractivity contribution in [2.75, 3.05) is 0 Å². The fraction of sp³-hybridized carbons (Fsp3) is 0.299. The zero-order valence-electron chi connectivity index (χ0n) is 46.8. The first kappa shape index (κ1) is 46.5. The molecule has 2 heteroatoms. The minimum absolute atomic E-state index is 0.171. The number of benzene rings is 9. The first-order valence-electron chi connectivity index (χ1n) is 30.1. The van der Waals surface area contributed by atoms with Gasteiger partial charge in [0.15, 0.2) is 0 Å². The van der Waals surface area contributed by atoms with Crippen molar-refractivity contribution in [1.29, 1.82) is 0 Å². The third-order valence-electron chi connectivity index (χ3n) is 21.5. The van der Waals surface area contributed by atoms with E-state index in [4.69, 9.17) is 8.83 Å². The Hall–Kier alpha value is -7.42.